The third kappa shape index (κ3) is 4.42. The van der Waals surface area contributed by atoms with E-state index in [1.54, 1.807) is 21.3 Å². The van der Waals surface area contributed by atoms with Gasteiger partial charge < -0.3 is 24.8 Å². The molecule has 1 atom stereocenters. The van der Waals surface area contributed by atoms with E-state index in [9.17, 15) is 4.79 Å². The van der Waals surface area contributed by atoms with Crippen LogP contribution in [-0.2, 0) is 9.53 Å². The van der Waals surface area contributed by atoms with Crippen molar-refractivity contribution in [3.63, 3.8) is 0 Å². The van der Waals surface area contributed by atoms with Crippen LogP contribution in [0.2, 0.25) is 0 Å². The summed E-state index contributed by atoms with van der Waals surface area (Å²) in [4.78, 5) is 20.1. The number of likely N-dealkylation sites (tertiary alicyclic amines) is 1. The van der Waals surface area contributed by atoms with Crippen molar-refractivity contribution in [2.45, 2.75) is 50.5 Å². The summed E-state index contributed by atoms with van der Waals surface area (Å²) in [6.07, 6.45) is 6.01. The molecule has 1 saturated heterocycles. The number of benzene rings is 1. The monoisotopic (exact) mass is 427 g/mol. The minimum atomic E-state index is 0.115. The average Bonchev–Trinajstić information content (AvgIpc) is 2.82. The molecule has 1 amide bonds. The second-order valence-corrected chi connectivity index (χ2v) is 8.70. The van der Waals surface area contributed by atoms with Crippen molar-refractivity contribution >= 4 is 22.5 Å². The number of nitrogens with two attached hydrogens (primary N) is 1. The molecule has 4 rings (SSSR count). The van der Waals surface area contributed by atoms with E-state index in [0.717, 1.165) is 61.7 Å². The van der Waals surface area contributed by atoms with Crippen LogP contribution < -0.4 is 15.2 Å². The van der Waals surface area contributed by atoms with E-state index in [1.807, 2.05) is 23.1 Å². The lowest BCUT2D eigenvalue weighted by Crippen LogP contribution is -2.43. The zero-order chi connectivity index (χ0) is 22.0. The first kappa shape index (κ1) is 21.7. The number of amides is 1. The summed E-state index contributed by atoms with van der Waals surface area (Å²) in [6.45, 7) is 1.50. The van der Waals surface area contributed by atoms with E-state index < -0.39 is 0 Å². The van der Waals surface area contributed by atoms with E-state index in [4.69, 9.17) is 24.9 Å². The number of nitrogen functional groups attached to an aromatic ring is 1. The van der Waals surface area contributed by atoms with Crippen molar-refractivity contribution in [3.8, 4) is 11.5 Å². The number of carbonyl (C=O) groups excluding carboxylic acids is 1. The molecule has 2 aliphatic rings. The van der Waals surface area contributed by atoms with Gasteiger partial charge in [0.15, 0.2) is 11.5 Å². The average molecular weight is 428 g/mol. The Kier molecular flexibility index (Phi) is 6.51. The molecule has 0 bridgehead atoms. The molecule has 1 aliphatic carbocycles. The number of carbonyl (C=O) groups is 1. The Balaban J connectivity index is 1.53. The fourth-order valence-corrected chi connectivity index (χ4v) is 5.06. The number of piperidine rings is 1. The maximum atomic E-state index is 13.2. The van der Waals surface area contributed by atoms with Gasteiger partial charge in [0.25, 0.3) is 0 Å². The quantitative estimate of drug-likeness (QED) is 0.782. The highest BCUT2D eigenvalue weighted by atomic mass is 16.5. The second-order valence-electron chi connectivity index (χ2n) is 8.70. The molecular weight excluding hydrogens is 394 g/mol. The van der Waals surface area contributed by atoms with Crippen LogP contribution in [0, 0.1) is 5.92 Å². The summed E-state index contributed by atoms with van der Waals surface area (Å²) >= 11 is 0. The van der Waals surface area contributed by atoms with Gasteiger partial charge in [-0.2, -0.15) is 0 Å². The lowest BCUT2D eigenvalue weighted by Gasteiger charge is -2.37. The van der Waals surface area contributed by atoms with E-state index in [0.29, 0.717) is 29.8 Å². The van der Waals surface area contributed by atoms with Gasteiger partial charge in [-0.3, -0.25) is 9.78 Å². The lowest BCUT2D eigenvalue weighted by molar-refractivity contribution is -0.138. The fourth-order valence-electron chi connectivity index (χ4n) is 5.06. The van der Waals surface area contributed by atoms with Crippen LogP contribution >= 0.6 is 0 Å². The van der Waals surface area contributed by atoms with E-state index in [1.165, 1.54) is 0 Å². The molecule has 2 N–H and O–H groups in total. The molecule has 168 valence electrons. The van der Waals surface area contributed by atoms with E-state index in [-0.39, 0.29) is 17.7 Å². The molecule has 2 heterocycles. The van der Waals surface area contributed by atoms with Gasteiger partial charge in [-0.15, -0.1) is 0 Å². The molecule has 7 nitrogen and oxygen atoms in total. The van der Waals surface area contributed by atoms with Crippen LogP contribution in [0.25, 0.3) is 10.9 Å². The van der Waals surface area contributed by atoms with Crippen molar-refractivity contribution in [2.24, 2.45) is 5.92 Å². The fraction of sp³-hybridized carbons (Fsp3) is 0.583. The Labute approximate surface area is 183 Å². The first-order chi connectivity index (χ1) is 15.0. The number of fused-ring (bicyclic) bond motifs is 1. The normalized spacial score (nSPS) is 24.2. The summed E-state index contributed by atoms with van der Waals surface area (Å²) in [5, 5.41) is 0.914. The molecule has 2 fully saturated rings. The van der Waals surface area contributed by atoms with Crippen molar-refractivity contribution in [2.75, 3.05) is 40.2 Å². The predicted molar refractivity (Wildman–Crippen MR) is 121 cm³/mol. The van der Waals surface area contributed by atoms with Gasteiger partial charge in [0, 0.05) is 43.5 Å². The minimum absolute atomic E-state index is 0.115. The summed E-state index contributed by atoms with van der Waals surface area (Å²) < 4.78 is 16.3. The summed E-state index contributed by atoms with van der Waals surface area (Å²) in [5.41, 5.74) is 8.79. The predicted octanol–water partition coefficient (Wildman–Crippen LogP) is 3.75. The van der Waals surface area contributed by atoms with Crippen LogP contribution in [0.5, 0.6) is 11.5 Å². The zero-order valence-corrected chi connectivity index (χ0v) is 18.7. The summed E-state index contributed by atoms with van der Waals surface area (Å²) in [5.74, 6) is 1.84. The number of nitrogens with zero attached hydrogens (tertiary/aromatic N) is 2. The molecule has 31 heavy (non-hydrogen) atoms. The van der Waals surface area contributed by atoms with Gasteiger partial charge in [-0.05, 0) is 50.7 Å². The van der Waals surface area contributed by atoms with E-state index in [2.05, 4.69) is 0 Å². The molecule has 1 aromatic heterocycles. The maximum Gasteiger partial charge on any atom is 0.225 e. The molecule has 1 unspecified atom stereocenters. The number of anilines is 1. The van der Waals surface area contributed by atoms with Gasteiger partial charge in [0.2, 0.25) is 5.91 Å². The molecule has 1 aromatic carbocycles. The standard InChI is InChI=1S/C24H33N3O4/c1-29-18-8-6-15(7-9-18)24(28)27-10-4-5-16(14-27)23-19(25)11-17-12-21(30-2)22(31-3)13-20(17)26-23/h11-13,15-16,18H,4-10,14,25H2,1-3H3. The number of hydrogen-bond donors (Lipinski definition) is 1. The number of ether oxygens (including phenoxy) is 3. The molecule has 7 heteroatoms. The lowest BCUT2D eigenvalue weighted by atomic mass is 9.85. The molecule has 0 spiro atoms. The number of methoxy groups -OCH3 is 3. The Bertz CT molecular complexity index is 940. The number of aromatic nitrogens is 1. The number of hydrogen-bond acceptors (Lipinski definition) is 6. The Morgan fingerprint density at radius 3 is 2.42 bits per heavy atom. The largest absolute Gasteiger partial charge is 0.493 e. The maximum absolute atomic E-state index is 13.2. The van der Waals surface area contributed by atoms with Gasteiger partial charge >= 0.3 is 0 Å². The molecule has 0 radical (unpaired) electrons. The highest BCUT2D eigenvalue weighted by Crippen LogP contribution is 2.37. The van der Waals surface area contributed by atoms with Gasteiger partial charge in [-0.25, -0.2) is 0 Å². The molecule has 1 aliphatic heterocycles. The number of rotatable bonds is 5. The smallest absolute Gasteiger partial charge is 0.225 e. The second kappa shape index (κ2) is 9.30. The SMILES string of the molecule is COc1cc2cc(N)c(C3CCCN(C(=O)C4CCC(OC)CC4)C3)nc2cc1OC. The van der Waals surface area contributed by atoms with Gasteiger partial charge in [0.05, 0.1) is 37.2 Å². The molecular formula is C24H33N3O4. The highest BCUT2D eigenvalue weighted by Gasteiger charge is 2.33. The third-order valence-electron chi connectivity index (χ3n) is 6.86. The molecule has 1 saturated carbocycles. The van der Waals surface area contributed by atoms with Crippen molar-refractivity contribution in [3.05, 3.63) is 23.9 Å². The first-order valence-corrected chi connectivity index (χ1v) is 11.2. The summed E-state index contributed by atoms with van der Waals surface area (Å²) in [7, 11) is 4.99. The number of pyridine rings is 1. The zero-order valence-electron chi connectivity index (χ0n) is 18.7. The van der Waals surface area contributed by atoms with Gasteiger partial charge in [0.1, 0.15) is 0 Å². The summed E-state index contributed by atoms with van der Waals surface area (Å²) in [6, 6.07) is 5.73. The van der Waals surface area contributed by atoms with Gasteiger partial charge in [-0.1, -0.05) is 0 Å². The van der Waals surface area contributed by atoms with Crippen molar-refractivity contribution in [1.29, 1.82) is 0 Å². The van der Waals surface area contributed by atoms with Crippen LogP contribution in [0.1, 0.15) is 50.1 Å². The van der Waals surface area contributed by atoms with Crippen LogP contribution in [-0.4, -0.2) is 56.3 Å². The Morgan fingerprint density at radius 1 is 1.03 bits per heavy atom. The molecule has 2 aromatic rings. The Hall–Kier alpha value is -2.54. The van der Waals surface area contributed by atoms with Crippen molar-refractivity contribution in [1.82, 2.24) is 9.88 Å². The van der Waals surface area contributed by atoms with E-state index >= 15 is 0 Å². The third-order valence-corrected chi connectivity index (χ3v) is 6.86. The Morgan fingerprint density at radius 2 is 1.74 bits per heavy atom. The van der Waals surface area contributed by atoms with Crippen molar-refractivity contribution < 1.29 is 19.0 Å². The van der Waals surface area contributed by atoms with Crippen LogP contribution in [0.4, 0.5) is 5.69 Å². The minimum Gasteiger partial charge on any atom is -0.493 e. The topological polar surface area (TPSA) is 86.9 Å². The van der Waals surface area contributed by atoms with Crippen LogP contribution in [0.3, 0.4) is 0 Å². The van der Waals surface area contributed by atoms with Crippen LogP contribution in [0.15, 0.2) is 18.2 Å². The highest BCUT2D eigenvalue weighted by molar-refractivity contribution is 5.86. The first-order valence-electron chi connectivity index (χ1n) is 11.2.